The zero-order chi connectivity index (χ0) is 20.1. The zero-order valence-electron chi connectivity index (χ0n) is 16.3. The number of nitrogens with one attached hydrogen (secondary N) is 1. The average Bonchev–Trinajstić information content (AvgIpc) is 2.50. The van der Waals surface area contributed by atoms with Gasteiger partial charge in [0, 0.05) is 11.0 Å². The molecule has 0 aromatic heterocycles. The molecule has 1 aliphatic carbocycles. The number of carbonyl (C=O) groups excluding carboxylic acids is 2. The van der Waals surface area contributed by atoms with Crippen LogP contribution in [0.4, 0.5) is 0 Å². The second kappa shape index (κ2) is 9.08. The lowest BCUT2D eigenvalue weighted by atomic mass is 9.65. The minimum absolute atomic E-state index is 0.122. The number of ether oxygens (including phenoxy) is 1. The van der Waals surface area contributed by atoms with Crippen molar-refractivity contribution in [1.82, 2.24) is 5.32 Å². The largest absolute Gasteiger partial charge is 0.481 e. The van der Waals surface area contributed by atoms with Gasteiger partial charge in [-0.25, -0.2) is 4.79 Å². The summed E-state index contributed by atoms with van der Waals surface area (Å²) >= 11 is 1.66. The summed E-state index contributed by atoms with van der Waals surface area (Å²) in [6.45, 7) is 8.94. The van der Waals surface area contributed by atoms with E-state index in [-0.39, 0.29) is 10.8 Å². The highest BCUT2D eigenvalue weighted by Crippen LogP contribution is 2.52. The summed E-state index contributed by atoms with van der Waals surface area (Å²) in [5, 5.41) is 11.6. The van der Waals surface area contributed by atoms with Crippen molar-refractivity contribution < 1.29 is 24.2 Å². The van der Waals surface area contributed by atoms with Gasteiger partial charge in [-0.3, -0.25) is 9.59 Å². The molecule has 0 radical (unpaired) electrons. The highest BCUT2D eigenvalue weighted by Gasteiger charge is 2.44. The molecule has 1 aliphatic rings. The van der Waals surface area contributed by atoms with Gasteiger partial charge in [-0.2, -0.15) is 11.8 Å². The maximum atomic E-state index is 12.1. The number of methoxy groups -OCH3 is 1. The van der Waals surface area contributed by atoms with Crippen molar-refractivity contribution >= 4 is 29.6 Å². The monoisotopic (exact) mass is 388 g/mol. The molecule has 0 saturated heterocycles. The molecule has 8 heteroatoms. The number of nitrogens with two attached hydrogens (primary N) is 1. The lowest BCUT2D eigenvalue weighted by Crippen LogP contribution is -2.51. The number of hydrogen-bond donors (Lipinski definition) is 3. The minimum atomic E-state index is -1.20. The first-order chi connectivity index (χ1) is 11.9. The number of thioether (sulfide) groups is 1. The molecule has 1 saturated carbocycles. The number of carbonyl (C=O) groups is 3. The Kier molecular flexibility index (Phi) is 7.95. The molecule has 0 bridgehead atoms. The van der Waals surface area contributed by atoms with Gasteiger partial charge < -0.3 is 20.9 Å². The quantitative estimate of drug-likeness (QED) is 0.542. The van der Waals surface area contributed by atoms with Crippen molar-refractivity contribution in [3.05, 3.63) is 0 Å². The Morgan fingerprint density at radius 1 is 1.23 bits per heavy atom. The molecule has 1 amide bonds. The topological polar surface area (TPSA) is 119 Å². The Labute approximate surface area is 159 Å². The Morgan fingerprint density at radius 3 is 2.23 bits per heavy atom. The van der Waals surface area contributed by atoms with Crippen molar-refractivity contribution in [2.45, 2.75) is 70.7 Å². The molecule has 1 fully saturated rings. The number of rotatable bonds is 8. The standard InChI is InChI=1S/C18H32N2O5S/c1-17(2)7-6-8-18(3,4)16(17)26-10-12(15(24)25-5)20-14(23)11(19)9-13(21)22/h11-12,16H,6-10,19H2,1-5H3,(H,20,23)(H,21,22)/t11-,12-/m0/s1. The van der Waals surface area contributed by atoms with E-state index in [4.69, 9.17) is 15.6 Å². The highest BCUT2D eigenvalue weighted by molar-refractivity contribution is 8.00. The van der Waals surface area contributed by atoms with E-state index in [0.29, 0.717) is 11.0 Å². The van der Waals surface area contributed by atoms with Crippen molar-refractivity contribution in [3.63, 3.8) is 0 Å². The van der Waals surface area contributed by atoms with Crippen molar-refractivity contribution in [3.8, 4) is 0 Å². The van der Waals surface area contributed by atoms with E-state index in [1.54, 1.807) is 11.8 Å². The van der Waals surface area contributed by atoms with Crippen LogP contribution in [0, 0.1) is 10.8 Å². The summed E-state index contributed by atoms with van der Waals surface area (Å²) in [6.07, 6.45) is 2.92. The number of amides is 1. The van der Waals surface area contributed by atoms with Gasteiger partial charge in [-0.05, 0) is 23.7 Å². The number of aliphatic carboxylic acids is 1. The molecule has 26 heavy (non-hydrogen) atoms. The molecule has 0 unspecified atom stereocenters. The van der Waals surface area contributed by atoms with Gasteiger partial charge in [0.25, 0.3) is 0 Å². The Hall–Kier alpha value is -1.28. The molecule has 0 aliphatic heterocycles. The second-order valence-electron chi connectivity index (χ2n) is 8.33. The van der Waals surface area contributed by atoms with Gasteiger partial charge in [-0.1, -0.05) is 34.1 Å². The van der Waals surface area contributed by atoms with E-state index in [1.165, 1.54) is 13.5 Å². The van der Waals surface area contributed by atoms with Gasteiger partial charge in [0.15, 0.2) is 0 Å². The fourth-order valence-corrected chi connectivity index (χ4v) is 5.58. The fourth-order valence-electron chi connectivity index (χ4n) is 3.83. The average molecular weight is 389 g/mol. The SMILES string of the molecule is COC(=O)[C@H](CSC1C(C)(C)CCCC1(C)C)NC(=O)[C@@H](N)CC(=O)O. The molecular weight excluding hydrogens is 356 g/mol. The first kappa shape index (κ1) is 22.8. The van der Waals surface area contributed by atoms with E-state index in [0.717, 1.165) is 12.8 Å². The maximum absolute atomic E-state index is 12.1. The van der Waals surface area contributed by atoms with Crippen molar-refractivity contribution in [2.75, 3.05) is 12.9 Å². The molecule has 7 nitrogen and oxygen atoms in total. The molecule has 0 heterocycles. The van der Waals surface area contributed by atoms with Crippen molar-refractivity contribution in [2.24, 2.45) is 16.6 Å². The molecular formula is C18H32N2O5S. The summed E-state index contributed by atoms with van der Waals surface area (Å²) in [5.74, 6) is -2.02. The van der Waals surface area contributed by atoms with Gasteiger partial charge in [0.05, 0.1) is 19.6 Å². The van der Waals surface area contributed by atoms with Gasteiger partial charge in [0.2, 0.25) is 5.91 Å². The third kappa shape index (κ3) is 6.16. The summed E-state index contributed by atoms with van der Waals surface area (Å²) in [7, 11) is 1.26. The Balaban J connectivity index is 2.80. The summed E-state index contributed by atoms with van der Waals surface area (Å²) in [4.78, 5) is 34.9. The number of hydrogen-bond acceptors (Lipinski definition) is 6. The van der Waals surface area contributed by atoms with Crippen LogP contribution in [0.25, 0.3) is 0 Å². The summed E-state index contributed by atoms with van der Waals surface area (Å²) in [5.41, 5.74) is 5.83. The second-order valence-corrected chi connectivity index (χ2v) is 9.47. The lowest BCUT2D eigenvalue weighted by molar-refractivity contribution is -0.144. The summed E-state index contributed by atoms with van der Waals surface area (Å²) < 4.78 is 4.79. The van der Waals surface area contributed by atoms with Crippen LogP contribution in [-0.4, -0.2) is 53.1 Å². The maximum Gasteiger partial charge on any atom is 0.329 e. The van der Waals surface area contributed by atoms with Crippen LogP contribution >= 0.6 is 11.8 Å². The Bertz CT molecular complexity index is 520. The normalized spacial score (nSPS) is 21.5. The van der Waals surface area contributed by atoms with Crippen LogP contribution in [-0.2, 0) is 19.1 Å². The minimum Gasteiger partial charge on any atom is -0.481 e. The predicted molar refractivity (Wildman–Crippen MR) is 102 cm³/mol. The third-order valence-corrected chi connectivity index (χ3v) is 7.16. The van der Waals surface area contributed by atoms with E-state index >= 15 is 0 Å². The molecule has 4 N–H and O–H groups in total. The number of carboxylic acid groups (broad SMARTS) is 1. The number of carboxylic acids is 1. The molecule has 2 atom stereocenters. The molecule has 0 aromatic rings. The van der Waals surface area contributed by atoms with E-state index in [9.17, 15) is 14.4 Å². The fraction of sp³-hybridized carbons (Fsp3) is 0.833. The molecule has 1 rings (SSSR count). The van der Waals surface area contributed by atoms with Crippen LogP contribution in [0.5, 0.6) is 0 Å². The van der Waals surface area contributed by atoms with Crippen LogP contribution in [0.15, 0.2) is 0 Å². The van der Waals surface area contributed by atoms with Crippen LogP contribution in [0.2, 0.25) is 0 Å². The van der Waals surface area contributed by atoms with Gasteiger partial charge in [0.1, 0.15) is 6.04 Å². The lowest BCUT2D eigenvalue weighted by Gasteiger charge is -2.49. The van der Waals surface area contributed by atoms with Gasteiger partial charge in [-0.15, -0.1) is 0 Å². The first-order valence-electron chi connectivity index (χ1n) is 8.88. The number of esters is 1. The highest BCUT2D eigenvalue weighted by atomic mass is 32.2. The predicted octanol–water partition coefficient (Wildman–Crippen LogP) is 1.78. The zero-order valence-corrected chi connectivity index (χ0v) is 17.1. The molecule has 150 valence electrons. The van der Waals surface area contributed by atoms with Gasteiger partial charge >= 0.3 is 11.9 Å². The Morgan fingerprint density at radius 2 is 1.77 bits per heavy atom. The smallest absolute Gasteiger partial charge is 0.329 e. The molecule has 0 spiro atoms. The van der Waals surface area contributed by atoms with E-state index in [1.807, 2.05) is 0 Å². The van der Waals surface area contributed by atoms with E-state index in [2.05, 4.69) is 33.0 Å². The van der Waals surface area contributed by atoms with Crippen LogP contribution in [0.1, 0.15) is 53.4 Å². The van der Waals surface area contributed by atoms with Crippen molar-refractivity contribution in [1.29, 1.82) is 0 Å². The molecule has 0 aromatic carbocycles. The van der Waals surface area contributed by atoms with Crippen LogP contribution in [0.3, 0.4) is 0 Å². The van der Waals surface area contributed by atoms with E-state index < -0.39 is 36.4 Å². The first-order valence-corrected chi connectivity index (χ1v) is 9.93. The van der Waals surface area contributed by atoms with Crippen LogP contribution < -0.4 is 11.1 Å². The third-order valence-electron chi connectivity index (χ3n) is 5.02. The summed E-state index contributed by atoms with van der Waals surface area (Å²) in [6, 6.07) is -2.06.